The molecule has 2 rings (SSSR count). The molecule has 0 spiro atoms. The summed E-state index contributed by atoms with van der Waals surface area (Å²) in [5.41, 5.74) is 1.81. The fraction of sp³-hybridized carbons (Fsp3) is 0.235. The van der Waals surface area contributed by atoms with Gasteiger partial charge >= 0.3 is 6.03 Å². The van der Waals surface area contributed by atoms with Crippen LogP contribution in [0.1, 0.15) is 23.6 Å². The number of rotatable bonds is 5. The summed E-state index contributed by atoms with van der Waals surface area (Å²) in [5.74, 6) is -0.368. The third-order valence-electron chi connectivity index (χ3n) is 3.35. The molecule has 3 N–H and O–H groups in total. The minimum absolute atomic E-state index is 0.0427. The number of hydrogen-bond donors (Lipinski definition) is 3. The van der Waals surface area contributed by atoms with Gasteiger partial charge in [0, 0.05) is 12.3 Å². The van der Waals surface area contributed by atoms with E-state index >= 15 is 0 Å². The van der Waals surface area contributed by atoms with Crippen LogP contribution in [0, 0.1) is 12.7 Å². The first kappa shape index (κ1) is 16.0. The maximum Gasteiger partial charge on any atom is 0.319 e. The molecule has 0 saturated carbocycles. The van der Waals surface area contributed by atoms with Crippen molar-refractivity contribution < 1.29 is 14.3 Å². The summed E-state index contributed by atoms with van der Waals surface area (Å²) in [7, 11) is 0. The molecule has 0 unspecified atom stereocenters. The third-order valence-corrected chi connectivity index (χ3v) is 3.35. The van der Waals surface area contributed by atoms with Crippen LogP contribution in [0.25, 0.3) is 0 Å². The predicted octanol–water partition coefficient (Wildman–Crippen LogP) is 3.38. The van der Waals surface area contributed by atoms with Crippen molar-refractivity contribution in [1.29, 1.82) is 0 Å². The summed E-state index contributed by atoms with van der Waals surface area (Å²) >= 11 is 0. The Bertz CT molecular complexity index is 632. The Labute approximate surface area is 129 Å². The normalized spacial score (nSPS) is 11.8. The van der Waals surface area contributed by atoms with Crippen molar-refractivity contribution >= 4 is 11.7 Å². The van der Waals surface area contributed by atoms with E-state index in [1.165, 1.54) is 6.07 Å². The van der Waals surface area contributed by atoms with E-state index in [0.717, 1.165) is 5.56 Å². The van der Waals surface area contributed by atoms with Crippen LogP contribution < -0.4 is 10.6 Å². The van der Waals surface area contributed by atoms with Crippen molar-refractivity contribution in [3.63, 3.8) is 0 Å². The monoisotopic (exact) mass is 302 g/mol. The molecule has 0 aliphatic heterocycles. The average molecular weight is 302 g/mol. The van der Waals surface area contributed by atoms with E-state index in [1.54, 1.807) is 19.1 Å². The van der Waals surface area contributed by atoms with E-state index in [-0.39, 0.29) is 18.5 Å². The second-order valence-electron chi connectivity index (χ2n) is 5.04. The van der Waals surface area contributed by atoms with Crippen LogP contribution in [0.4, 0.5) is 14.9 Å². The van der Waals surface area contributed by atoms with Crippen molar-refractivity contribution in [2.24, 2.45) is 0 Å². The van der Waals surface area contributed by atoms with Gasteiger partial charge in [-0.2, -0.15) is 0 Å². The number of aryl methyl sites for hydroxylation is 1. The minimum atomic E-state index is -0.439. The first-order valence-corrected chi connectivity index (χ1v) is 7.09. The van der Waals surface area contributed by atoms with Crippen LogP contribution in [0.3, 0.4) is 0 Å². The van der Waals surface area contributed by atoms with Crippen LogP contribution >= 0.6 is 0 Å². The lowest BCUT2D eigenvalue weighted by Gasteiger charge is -2.18. The van der Waals surface area contributed by atoms with Crippen LogP contribution in [0.5, 0.6) is 0 Å². The van der Waals surface area contributed by atoms with Crippen LogP contribution in [-0.4, -0.2) is 17.7 Å². The van der Waals surface area contributed by atoms with E-state index in [9.17, 15) is 9.18 Å². The first-order valence-electron chi connectivity index (χ1n) is 7.09. The van der Waals surface area contributed by atoms with Crippen LogP contribution in [0.15, 0.2) is 48.5 Å². The molecule has 22 heavy (non-hydrogen) atoms. The Balaban J connectivity index is 2.03. The molecule has 5 heteroatoms. The number of anilines is 1. The van der Waals surface area contributed by atoms with Gasteiger partial charge in [0.25, 0.3) is 0 Å². The highest BCUT2D eigenvalue weighted by atomic mass is 19.1. The van der Waals surface area contributed by atoms with Gasteiger partial charge in [0.05, 0.1) is 6.04 Å². The van der Waals surface area contributed by atoms with E-state index in [1.807, 2.05) is 30.3 Å². The Kier molecular flexibility index (Phi) is 5.49. The molecule has 2 amide bonds. The van der Waals surface area contributed by atoms with Crippen molar-refractivity contribution in [3.05, 3.63) is 65.5 Å². The van der Waals surface area contributed by atoms with Gasteiger partial charge in [-0.3, -0.25) is 0 Å². The zero-order chi connectivity index (χ0) is 15.9. The molecule has 116 valence electrons. The third kappa shape index (κ3) is 4.30. The van der Waals surface area contributed by atoms with Crippen molar-refractivity contribution in [2.45, 2.75) is 19.4 Å². The van der Waals surface area contributed by atoms with Crippen LogP contribution in [0.2, 0.25) is 0 Å². The molecule has 0 aliphatic carbocycles. The number of carbonyl (C=O) groups is 1. The molecule has 1 atom stereocenters. The molecule has 0 aromatic heterocycles. The quantitative estimate of drug-likeness (QED) is 0.793. The second-order valence-corrected chi connectivity index (χ2v) is 5.04. The molecule has 0 fully saturated rings. The van der Waals surface area contributed by atoms with Crippen molar-refractivity contribution in [2.75, 3.05) is 11.9 Å². The van der Waals surface area contributed by atoms with Crippen molar-refractivity contribution in [3.8, 4) is 0 Å². The summed E-state index contributed by atoms with van der Waals surface area (Å²) in [5, 5.41) is 14.5. The molecule has 0 radical (unpaired) electrons. The number of hydrogen-bond acceptors (Lipinski definition) is 2. The summed E-state index contributed by atoms with van der Waals surface area (Å²) in [4.78, 5) is 12.0. The number of carbonyl (C=O) groups excluding carboxylic acids is 1. The fourth-order valence-electron chi connectivity index (χ4n) is 2.13. The minimum Gasteiger partial charge on any atom is -0.396 e. The highest BCUT2D eigenvalue weighted by Gasteiger charge is 2.14. The zero-order valence-corrected chi connectivity index (χ0v) is 12.3. The summed E-state index contributed by atoms with van der Waals surface area (Å²) in [6.07, 6.45) is 0.402. The Hall–Kier alpha value is -2.40. The van der Waals surface area contributed by atoms with E-state index in [0.29, 0.717) is 17.7 Å². The lowest BCUT2D eigenvalue weighted by atomic mass is 10.0. The predicted molar refractivity (Wildman–Crippen MR) is 84.2 cm³/mol. The zero-order valence-electron chi connectivity index (χ0n) is 12.3. The molecular weight excluding hydrogens is 283 g/mol. The SMILES string of the molecule is Cc1ccc(NC(=O)N[C@H](CCO)c2ccccc2)cc1F. The van der Waals surface area contributed by atoms with Gasteiger partial charge in [0.2, 0.25) is 0 Å². The van der Waals surface area contributed by atoms with Gasteiger partial charge in [0.1, 0.15) is 5.82 Å². The highest BCUT2D eigenvalue weighted by Crippen LogP contribution is 2.17. The second kappa shape index (κ2) is 7.56. The molecule has 0 bridgehead atoms. The highest BCUT2D eigenvalue weighted by molar-refractivity contribution is 5.89. The topological polar surface area (TPSA) is 61.4 Å². The molecule has 0 heterocycles. The lowest BCUT2D eigenvalue weighted by Crippen LogP contribution is -2.33. The summed E-state index contributed by atoms with van der Waals surface area (Å²) in [6, 6.07) is 13.2. The molecule has 2 aromatic rings. The maximum absolute atomic E-state index is 13.5. The largest absolute Gasteiger partial charge is 0.396 e. The van der Waals surface area contributed by atoms with Gasteiger partial charge in [-0.05, 0) is 36.6 Å². The van der Waals surface area contributed by atoms with Crippen molar-refractivity contribution in [1.82, 2.24) is 5.32 Å². The maximum atomic E-state index is 13.5. The standard InChI is InChI=1S/C17H19FN2O2/c1-12-7-8-14(11-15(12)18)19-17(22)20-16(9-10-21)13-5-3-2-4-6-13/h2-8,11,16,21H,9-10H2,1H3,(H2,19,20,22)/t16-/m1/s1. The van der Waals surface area contributed by atoms with Gasteiger partial charge in [-0.1, -0.05) is 36.4 Å². The number of aliphatic hydroxyl groups is 1. The number of urea groups is 1. The van der Waals surface area contributed by atoms with Gasteiger partial charge in [-0.25, -0.2) is 9.18 Å². The Morgan fingerprint density at radius 3 is 2.59 bits per heavy atom. The number of amides is 2. The molecule has 0 saturated heterocycles. The average Bonchev–Trinajstić information content (AvgIpc) is 2.51. The molecular formula is C17H19FN2O2. The fourth-order valence-corrected chi connectivity index (χ4v) is 2.13. The van der Waals surface area contributed by atoms with Gasteiger partial charge in [0.15, 0.2) is 0 Å². The lowest BCUT2D eigenvalue weighted by molar-refractivity contribution is 0.239. The number of nitrogens with one attached hydrogen (secondary N) is 2. The van der Waals surface area contributed by atoms with E-state index in [2.05, 4.69) is 10.6 Å². The number of benzene rings is 2. The molecule has 2 aromatic carbocycles. The summed E-state index contributed by atoms with van der Waals surface area (Å²) < 4.78 is 13.5. The molecule has 4 nitrogen and oxygen atoms in total. The van der Waals surface area contributed by atoms with Gasteiger partial charge in [-0.15, -0.1) is 0 Å². The first-order chi connectivity index (χ1) is 10.6. The smallest absolute Gasteiger partial charge is 0.319 e. The number of halogens is 1. The van der Waals surface area contributed by atoms with Gasteiger partial charge < -0.3 is 15.7 Å². The van der Waals surface area contributed by atoms with E-state index in [4.69, 9.17) is 5.11 Å². The summed E-state index contributed by atoms with van der Waals surface area (Å²) in [6.45, 7) is 1.62. The van der Waals surface area contributed by atoms with E-state index < -0.39 is 6.03 Å². The Morgan fingerprint density at radius 1 is 1.23 bits per heavy atom. The van der Waals surface area contributed by atoms with Crippen LogP contribution in [-0.2, 0) is 0 Å². The Morgan fingerprint density at radius 2 is 1.95 bits per heavy atom. The number of aliphatic hydroxyl groups excluding tert-OH is 1. The molecule has 0 aliphatic rings.